The monoisotopic (exact) mass is 468 g/mol. The molecule has 0 radical (unpaired) electrons. The van der Waals surface area contributed by atoms with Crippen LogP contribution >= 0.6 is 7.82 Å². The number of anilines is 1. The molecule has 11 heteroatoms. The molecule has 1 unspecified atom stereocenters. The second kappa shape index (κ2) is 9.93. The van der Waals surface area contributed by atoms with E-state index in [1.165, 1.54) is 4.57 Å². The molecule has 0 aliphatic heterocycles. The van der Waals surface area contributed by atoms with E-state index in [0.29, 0.717) is 35.0 Å². The molecule has 4 aromatic rings. The van der Waals surface area contributed by atoms with Gasteiger partial charge in [-0.25, -0.2) is 4.98 Å². The third kappa shape index (κ3) is 6.24. The van der Waals surface area contributed by atoms with Crippen molar-refractivity contribution in [3.8, 4) is 17.1 Å². The summed E-state index contributed by atoms with van der Waals surface area (Å²) in [4.78, 5) is 23.7. The fourth-order valence-electron chi connectivity index (χ4n) is 3.12. The van der Waals surface area contributed by atoms with Crippen LogP contribution in [0, 0.1) is 0 Å². The summed E-state index contributed by atoms with van der Waals surface area (Å²) in [7, 11) is -4.81. The molecule has 1 atom stereocenters. The Hall–Kier alpha value is -3.56. The van der Waals surface area contributed by atoms with E-state index in [-0.39, 0.29) is 13.3 Å². The topological polar surface area (TPSA) is 148 Å². The summed E-state index contributed by atoms with van der Waals surface area (Å²) >= 11 is 0. The van der Waals surface area contributed by atoms with Crippen molar-refractivity contribution >= 4 is 13.6 Å². The summed E-state index contributed by atoms with van der Waals surface area (Å²) in [5.74, 6) is 1.58. The van der Waals surface area contributed by atoms with Crippen molar-refractivity contribution in [2.75, 3.05) is 5.73 Å². The molecule has 0 amide bonds. The Labute approximate surface area is 189 Å². The Balaban J connectivity index is 1.36. The molecule has 0 aliphatic rings. The summed E-state index contributed by atoms with van der Waals surface area (Å²) < 4.78 is 28.0. The molecule has 0 aliphatic carbocycles. The number of pyridine rings is 2. The van der Waals surface area contributed by atoms with Crippen LogP contribution in [0.15, 0.2) is 77.6 Å². The van der Waals surface area contributed by atoms with Crippen molar-refractivity contribution < 1.29 is 32.7 Å². The molecule has 4 rings (SSSR count). The third-order valence-electron chi connectivity index (χ3n) is 4.75. The smallest absolute Gasteiger partial charge is 0.270 e. The van der Waals surface area contributed by atoms with Crippen LogP contribution in [-0.2, 0) is 28.8 Å². The molecule has 0 saturated carbocycles. The SMILES string of the molecule is Nc1ncccc1-c1cc(Cc2ccc(OCc3cccc[n+]3COP(=O)([O-])O)cc2)no1. The Morgan fingerprint density at radius 1 is 1.15 bits per heavy atom. The molecule has 0 bridgehead atoms. The fraction of sp³-hybridized carbons (Fsp3) is 0.136. The Kier molecular flexibility index (Phi) is 6.81. The lowest BCUT2D eigenvalue weighted by Gasteiger charge is -2.13. The number of aromatic nitrogens is 3. The van der Waals surface area contributed by atoms with Gasteiger partial charge in [-0.15, -0.1) is 0 Å². The second-order valence-electron chi connectivity index (χ2n) is 7.12. The molecule has 0 saturated heterocycles. The average Bonchev–Trinajstić information content (AvgIpc) is 3.26. The van der Waals surface area contributed by atoms with E-state index in [9.17, 15) is 9.46 Å². The minimum Gasteiger partial charge on any atom is -0.756 e. The van der Waals surface area contributed by atoms with E-state index >= 15 is 0 Å². The molecule has 0 fully saturated rings. The zero-order chi connectivity index (χ0) is 23.3. The molecule has 3 N–H and O–H groups in total. The number of rotatable bonds is 9. The summed E-state index contributed by atoms with van der Waals surface area (Å²) in [6.45, 7) is -0.169. The van der Waals surface area contributed by atoms with Crippen molar-refractivity contribution in [1.82, 2.24) is 10.1 Å². The van der Waals surface area contributed by atoms with Gasteiger partial charge < -0.3 is 24.8 Å². The maximum atomic E-state index is 10.8. The molecule has 10 nitrogen and oxygen atoms in total. The first-order chi connectivity index (χ1) is 15.9. The van der Waals surface area contributed by atoms with Crippen molar-refractivity contribution in [3.05, 3.63) is 90.0 Å². The quantitative estimate of drug-likeness (QED) is 0.279. The molecule has 3 heterocycles. The summed E-state index contributed by atoms with van der Waals surface area (Å²) in [6, 6.07) is 18.2. The average molecular weight is 468 g/mol. The first-order valence-electron chi connectivity index (χ1n) is 9.91. The number of hydrogen-bond acceptors (Lipinski definition) is 8. The van der Waals surface area contributed by atoms with Crippen molar-refractivity contribution in [2.24, 2.45) is 0 Å². The van der Waals surface area contributed by atoms with Crippen LogP contribution in [0.5, 0.6) is 5.75 Å². The number of hydrogen-bond donors (Lipinski definition) is 2. The van der Waals surface area contributed by atoms with E-state index < -0.39 is 7.82 Å². The van der Waals surface area contributed by atoms with Crippen LogP contribution in [0.3, 0.4) is 0 Å². The minimum absolute atomic E-state index is 0.178. The van der Waals surface area contributed by atoms with E-state index in [1.54, 1.807) is 36.7 Å². The van der Waals surface area contributed by atoms with Gasteiger partial charge in [-0.1, -0.05) is 17.3 Å². The fourth-order valence-corrected chi connectivity index (χ4v) is 3.39. The lowest BCUT2D eigenvalue weighted by molar-refractivity contribution is -0.734. The van der Waals surface area contributed by atoms with Gasteiger partial charge in [0.15, 0.2) is 18.6 Å². The number of nitrogens with zero attached hydrogens (tertiary/aromatic N) is 3. The van der Waals surface area contributed by atoms with Gasteiger partial charge in [0, 0.05) is 30.8 Å². The van der Waals surface area contributed by atoms with Gasteiger partial charge in [-0.05, 0) is 35.9 Å². The van der Waals surface area contributed by atoms with Gasteiger partial charge in [-0.2, -0.15) is 4.57 Å². The largest absolute Gasteiger partial charge is 0.756 e. The minimum atomic E-state index is -4.81. The van der Waals surface area contributed by atoms with Crippen LogP contribution < -0.4 is 19.9 Å². The van der Waals surface area contributed by atoms with Crippen LogP contribution in [0.25, 0.3) is 11.3 Å². The molecule has 0 spiro atoms. The highest BCUT2D eigenvalue weighted by atomic mass is 31.2. The van der Waals surface area contributed by atoms with Crippen molar-refractivity contribution in [2.45, 2.75) is 19.8 Å². The molecular weight excluding hydrogens is 447 g/mol. The highest BCUT2D eigenvalue weighted by Gasteiger charge is 2.14. The first-order valence-corrected chi connectivity index (χ1v) is 11.4. The van der Waals surface area contributed by atoms with Gasteiger partial charge in [0.05, 0.1) is 11.3 Å². The standard InChI is InChI=1S/C22H21N4O6P/c23-22-20(5-3-10-24-22)21-13-17(25-32-21)12-16-6-8-19(9-7-16)30-14-18-4-1-2-11-26(18)15-31-33(27,28)29/h1-11,13H,12,14-15H2,(H3-,23,24,27,28,29). The number of nitrogen functional groups attached to an aromatic ring is 1. The van der Waals surface area contributed by atoms with E-state index in [0.717, 1.165) is 11.3 Å². The zero-order valence-corrected chi connectivity index (χ0v) is 18.3. The normalized spacial score (nSPS) is 12.9. The molecule has 33 heavy (non-hydrogen) atoms. The van der Waals surface area contributed by atoms with Crippen LogP contribution in [0.2, 0.25) is 0 Å². The summed E-state index contributed by atoms with van der Waals surface area (Å²) in [6.07, 6.45) is 3.81. The lowest BCUT2D eigenvalue weighted by atomic mass is 10.1. The molecular formula is C22H21N4O6P. The molecule has 170 valence electrons. The Morgan fingerprint density at radius 3 is 2.73 bits per heavy atom. The number of nitrogens with two attached hydrogens (primary N) is 1. The van der Waals surface area contributed by atoms with Crippen LogP contribution in [0.4, 0.5) is 5.82 Å². The maximum absolute atomic E-state index is 10.8. The first kappa shape index (κ1) is 22.6. The Morgan fingerprint density at radius 2 is 1.97 bits per heavy atom. The van der Waals surface area contributed by atoms with Gasteiger partial charge >= 0.3 is 0 Å². The highest BCUT2D eigenvalue weighted by molar-refractivity contribution is 7.44. The van der Waals surface area contributed by atoms with Crippen molar-refractivity contribution in [3.63, 3.8) is 0 Å². The number of ether oxygens (including phenoxy) is 1. The molecule has 1 aromatic carbocycles. The molecule has 3 aromatic heterocycles. The van der Waals surface area contributed by atoms with E-state index in [2.05, 4.69) is 14.7 Å². The van der Waals surface area contributed by atoms with E-state index in [4.69, 9.17) is 19.9 Å². The number of benzene rings is 1. The van der Waals surface area contributed by atoms with Crippen LogP contribution in [-0.4, -0.2) is 15.0 Å². The van der Waals surface area contributed by atoms with Crippen molar-refractivity contribution in [1.29, 1.82) is 0 Å². The van der Waals surface area contributed by atoms with Gasteiger partial charge in [-0.3, -0.25) is 9.09 Å². The van der Waals surface area contributed by atoms with E-state index in [1.807, 2.05) is 36.4 Å². The number of phosphoric acid groups is 1. The zero-order valence-electron chi connectivity index (χ0n) is 17.4. The van der Waals surface area contributed by atoms with Gasteiger partial charge in [0.1, 0.15) is 11.6 Å². The summed E-state index contributed by atoms with van der Waals surface area (Å²) in [5, 5.41) is 4.11. The highest BCUT2D eigenvalue weighted by Crippen LogP contribution is 2.29. The maximum Gasteiger partial charge on any atom is 0.270 e. The Bertz CT molecular complexity index is 1270. The second-order valence-corrected chi connectivity index (χ2v) is 8.31. The van der Waals surface area contributed by atoms with Crippen LogP contribution in [0.1, 0.15) is 17.0 Å². The van der Waals surface area contributed by atoms with Gasteiger partial charge in [0.25, 0.3) is 14.6 Å². The third-order valence-corrected chi connectivity index (χ3v) is 5.19. The van der Waals surface area contributed by atoms with Gasteiger partial charge in [0.2, 0.25) is 5.69 Å². The predicted molar refractivity (Wildman–Crippen MR) is 115 cm³/mol. The predicted octanol–water partition coefficient (Wildman–Crippen LogP) is 2.21. The summed E-state index contributed by atoms with van der Waals surface area (Å²) in [5.41, 5.74) is 9.02. The lowest BCUT2D eigenvalue weighted by Crippen LogP contribution is -2.39. The number of phosphoric ester groups is 1.